The zero-order chi connectivity index (χ0) is 12.2. The Morgan fingerprint density at radius 3 is 2.38 bits per heavy atom. The molecule has 0 bridgehead atoms. The Labute approximate surface area is 97.4 Å². The van der Waals surface area contributed by atoms with Gasteiger partial charge in [0.05, 0.1) is 19.8 Å². The van der Waals surface area contributed by atoms with Crippen LogP contribution < -0.4 is 5.32 Å². The molecule has 0 aromatic rings. The molecule has 96 valence electrons. The normalized spacial score (nSPS) is 12.4. The first kappa shape index (κ1) is 15.3. The highest BCUT2D eigenvalue weighted by atomic mass is 16.5. The third-order valence-corrected chi connectivity index (χ3v) is 2.05. The zero-order valence-electron chi connectivity index (χ0n) is 10.5. The van der Waals surface area contributed by atoms with Crippen LogP contribution in [0.25, 0.3) is 0 Å². The van der Waals surface area contributed by atoms with E-state index in [1.54, 1.807) is 14.0 Å². The molecule has 5 heteroatoms. The summed E-state index contributed by atoms with van der Waals surface area (Å²) in [6.45, 7) is 6.53. The van der Waals surface area contributed by atoms with Gasteiger partial charge in [0.25, 0.3) is 0 Å². The summed E-state index contributed by atoms with van der Waals surface area (Å²) >= 11 is 0. The van der Waals surface area contributed by atoms with E-state index in [0.29, 0.717) is 39.5 Å². The summed E-state index contributed by atoms with van der Waals surface area (Å²) in [4.78, 5) is 11.4. The van der Waals surface area contributed by atoms with Crippen molar-refractivity contribution < 1.29 is 19.0 Å². The molecule has 0 spiro atoms. The van der Waals surface area contributed by atoms with E-state index in [9.17, 15) is 4.79 Å². The van der Waals surface area contributed by atoms with E-state index >= 15 is 0 Å². The van der Waals surface area contributed by atoms with Gasteiger partial charge < -0.3 is 19.5 Å². The van der Waals surface area contributed by atoms with Gasteiger partial charge in [0.2, 0.25) is 0 Å². The van der Waals surface area contributed by atoms with Gasteiger partial charge in [0, 0.05) is 13.2 Å². The summed E-state index contributed by atoms with van der Waals surface area (Å²) in [5.41, 5.74) is 0. The van der Waals surface area contributed by atoms with E-state index in [0.717, 1.165) is 0 Å². The van der Waals surface area contributed by atoms with Crippen LogP contribution in [-0.2, 0) is 19.0 Å². The predicted molar refractivity (Wildman–Crippen MR) is 61.4 cm³/mol. The third-order valence-electron chi connectivity index (χ3n) is 2.05. The lowest BCUT2D eigenvalue weighted by atomic mass is 10.2. The fourth-order valence-electron chi connectivity index (χ4n) is 1.19. The van der Waals surface area contributed by atoms with Crippen LogP contribution in [0.15, 0.2) is 0 Å². The second-order valence-electron chi connectivity index (χ2n) is 3.19. The number of esters is 1. The standard InChI is InChI=1S/C11H23NO4/c1-4-14-8-9-15-7-6-10(12-3)11(13)16-5-2/h10,12H,4-9H2,1-3H3. The van der Waals surface area contributed by atoms with Crippen molar-refractivity contribution in [1.82, 2.24) is 5.32 Å². The van der Waals surface area contributed by atoms with Gasteiger partial charge in [-0.2, -0.15) is 0 Å². The van der Waals surface area contributed by atoms with E-state index in [1.807, 2.05) is 6.92 Å². The quantitative estimate of drug-likeness (QED) is 0.442. The summed E-state index contributed by atoms with van der Waals surface area (Å²) in [5.74, 6) is -0.224. The second kappa shape index (κ2) is 10.9. The lowest BCUT2D eigenvalue weighted by Crippen LogP contribution is -2.36. The molecule has 0 saturated carbocycles. The molecule has 0 aromatic carbocycles. The maximum absolute atomic E-state index is 11.4. The summed E-state index contributed by atoms with van der Waals surface area (Å²) in [7, 11) is 1.74. The molecule has 0 aromatic heterocycles. The molecule has 0 aliphatic rings. The summed E-state index contributed by atoms with van der Waals surface area (Å²) < 4.78 is 15.4. The first-order valence-corrected chi connectivity index (χ1v) is 5.75. The van der Waals surface area contributed by atoms with Gasteiger partial charge in [-0.1, -0.05) is 0 Å². The zero-order valence-corrected chi connectivity index (χ0v) is 10.5. The van der Waals surface area contributed by atoms with Crippen molar-refractivity contribution >= 4 is 5.97 Å². The van der Waals surface area contributed by atoms with Crippen molar-refractivity contribution in [1.29, 1.82) is 0 Å². The minimum absolute atomic E-state index is 0.224. The Kier molecular flexibility index (Phi) is 10.4. The molecule has 0 aliphatic heterocycles. The molecule has 0 saturated heterocycles. The molecule has 1 unspecified atom stereocenters. The highest BCUT2D eigenvalue weighted by molar-refractivity contribution is 5.75. The average Bonchev–Trinajstić information content (AvgIpc) is 2.28. The van der Waals surface area contributed by atoms with E-state index in [-0.39, 0.29) is 12.0 Å². The maximum atomic E-state index is 11.4. The van der Waals surface area contributed by atoms with E-state index in [4.69, 9.17) is 14.2 Å². The molecular formula is C11H23NO4. The SMILES string of the molecule is CCOCCOCCC(NC)C(=O)OCC. The highest BCUT2D eigenvalue weighted by Gasteiger charge is 2.16. The predicted octanol–water partition coefficient (Wildman–Crippen LogP) is 0.581. The van der Waals surface area contributed by atoms with Crippen LogP contribution in [0.5, 0.6) is 0 Å². The lowest BCUT2D eigenvalue weighted by molar-refractivity contribution is -0.146. The number of carbonyl (C=O) groups is 1. The Morgan fingerprint density at radius 2 is 1.81 bits per heavy atom. The lowest BCUT2D eigenvalue weighted by Gasteiger charge is -2.14. The van der Waals surface area contributed by atoms with Gasteiger partial charge >= 0.3 is 5.97 Å². The molecule has 0 rings (SSSR count). The summed E-state index contributed by atoms with van der Waals surface area (Å²) in [5, 5.41) is 2.90. The van der Waals surface area contributed by atoms with Crippen molar-refractivity contribution in [3.63, 3.8) is 0 Å². The molecule has 16 heavy (non-hydrogen) atoms. The van der Waals surface area contributed by atoms with Crippen molar-refractivity contribution in [2.24, 2.45) is 0 Å². The van der Waals surface area contributed by atoms with Crippen LogP contribution >= 0.6 is 0 Å². The third kappa shape index (κ3) is 7.62. The van der Waals surface area contributed by atoms with Gasteiger partial charge in [0.15, 0.2) is 0 Å². The van der Waals surface area contributed by atoms with Crippen molar-refractivity contribution in [2.45, 2.75) is 26.3 Å². The summed E-state index contributed by atoms with van der Waals surface area (Å²) in [6.07, 6.45) is 0.613. The Balaban J connectivity index is 3.51. The van der Waals surface area contributed by atoms with Gasteiger partial charge in [0.1, 0.15) is 6.04 Å². The fraction of sp³-hybridized carbons (Fsp3) is 0.909. The van der Waals surface area contributed by atoms with E-state index in [2.05, 4.69) is 5.32 Å². The first-order valence-electron chi connectivity index (χ1n) is 5.75. The van der Waals surface area contributed by atoms with Gasteiger partial charge in [-0.05, 0) is 27.3 Å². The Morgan fingerprint density at radius 1 is 1.12 bits per heavy atom. The number of nitrogens with one attached hydrogen (secondary N) is 1. The number of ether oxygens (including phenoxy) is 3. The average molecular weight is 233 g/mol. The topological polar surface area (TPSA) is 56.8 Å². The molecule has 0 heterocycles. The number of hydrogen-bond donors (Lipinski definition) is 1. The smallest absolute Gasteiger partial charge is 0.323 e. The number of hydrogen-bond acceptors (Lipinski definition) is 5. The van der Waals surface area contributed by atoms with Gasteiger partial charge in [-0.3, -0.25) is 4.79 Å². The Bertz CT molecular complexity index is 175. The van der Waals surface area contributed by atoms with Gasteiger partial charge in [-0.25, -0.2) is 0 Å². The van der Waals surface area contributed by atoms with Crippen molar-refractivity contribution in [3.05, 3.63) is 0 Å². The highest BCUT2D eigenvalue weighted by Crippen LogP contribution is 1.96. The Hall–Kier alpha value is -0.650. The first-order chi connectivity index (χ1) is 7.76. The van der Waals surface area contributed by atoms with Crippen LogP contribution in [0.3, 0.4) is 0 Å². The minimum Gasteiger partial charge on any atom is -0.465 e. The largest absolute Gasteiger partial charge is 0.465 e. The monoisotopic (exact) mass is 233 g/mol. The van der Waals surface area contributed by atoms with Crippen LogP contribution in [-0.4, -0.2) is 52.1 Å². The van der Waals surface area contributed by atoms with Crippen molar-refractivity contribution in [3.8, 4) is 0 Å². The van der Waals surface area contributed by atoms with Crippen LogP contribution in [0.4, 0.5) is 0 Å². The van der Waals surface area contributed by atoms with E-state index < -0.39 is 0 Å². The number of likely N-dealkylation sites (N-methyl/N-ethyl adjacent to an activating group) is 1. The molecule has 0 amide bonds. The molecule has 5 nitrogen and oxygen atoms in total. The molecule has 0 fully saturated rings. The number of carbonyl (C=O) groups excluding carboxylic acids is 1. The number of rotatable bonds is 10. The van der Waals surface area contributed by atoms with Crippen LogP contribution in [0.2, 0.25) is 0 Å². The van der Waals surface area contributed by atoms with Crippen LogP contribution in [0, 0.1) is 0 Å². The molecule has 1 atom stereocenters. The minimum atomic E-state index is -0.285. The van der Waals surface area contributed by atoms with Gasteiger partial charge in [-0.15, -0.1) is 0 Å². The van der Waals surface area contributed by atoms with Crippen molar-refractivity contribution in [2.75, 3.05) is 40.1 Å². The summed E-state index contributed by atoms with van der Waals surface area (Å²) in [6, 6.07) is -0.285. The van der Waals surface area contributed by atoms with Crippen LogP contribution in [0.1, 0.15) is 20.3 Å². The molecule has 1 N–H and O–H groups in total. The molecule has 0 radical (unpaired) electrons. The maximum Gasteiger partial charge on any atom is 0.323 e. The fourth-order valence-corrected chi connectivity index (χ4v) is 1.19. The van der Waals surface area contributed by atoms with E-state index in [1.165, 1.54) is 0 Å². The molecule has 0 aliphatic carbocycles. The molecular weight excluding hydrogens is 210 g/mol. The second-order valence-corrected chi connectivity index (χ2v) is 3.19.